The Balaban J connectivity index is 2.31. The molecule has 1 aromatic carbocycles. The van der Waals surface area contributed by atoms with Crippen molar-refractivity contribution in [3.63, 3.8) is 0 Å². The third-order valence-corrected chi connectivity index (χ3v) is 3.30. The second kappa shape index (κ2) is 9.13. The summed E-state index contributed by atoms with van der Waals surface area (Å²) >= 11 is 0. The molecule has 116 valence electrons. The van der Waals surface area contributed by atoms with E-state index in [2.05, 4.69) is 5.32 Å². The Morgan fingerprint density at radius 2 is 1.71 bits per heavy atom. The fraction of sp³-hybridized carbons (Fsp3) is 0.500. The van der Waals surface area contributed by atoms with E-state index in [4.69, 9.17) is 0 Å². The van der Waals surface area contributed by atoms with Crippen LogP contribution in [0, 0.1) is 0 Å². The molecule has 0 bridgehead atoms. The van der Waals surface area contributed by atoms with E-state index in [9.17, 15) is 9.59 Å². The van der Waals surface area contributed by atoms with Crippen LogP contribution in [0.15, 0.2) is 30.3 Å². The van der Waals surface area contributed by atoms with Crippen LogP contribution >= 0.6 is 0 Å². The first-order valence-corrected chi connectivity index (χ1v) is 7.38. The summed E-state index contributed by atoms with van der Waals surface area (Å²) in [5, 5.41) is 2.83. The number of amides is 2. The van der Waals surface area contributed by atoms with E-state index in [1.54, 1.807) is 4.90 Å². The highest BCUT2D eigenvalue weighted by atomic mass is 16.2. The summed E-state index contributed by atoms with van der Waals surface area (Å²) in [6.07, 6.45) is 0.372. The van der Waals surface area contributed by atoms with Crippen LogP contribution in [0.5, 0.6) is 0 Å². The summed E-state index contributed by atoms with van der Waals surface area (Å²) in [5.74, 6) is 0.0642. The van der Waals surface area contributed by atoms with Crippen molar-refractivity contribution < 1.29 is 9.59 Å². The minimum Gasteiger partial charge on any atom is -0.342 e. The van der Waals surface area contributed by atoms with Crippen molar-refractivity contribution in [1.82, 2.24) is 9.80 Å². The minimum atomic E-state index is -0.0386. The zero-order valence-electron chi connectivity index (χ0n) is 13.1. The monoisotopic (exact) mass is 291 g/mol. The average Bonchev–Trinajstić information content (AvgIpc) is 2.47. The number of carbonyl (C=O) groups is 2. The predicted molar refractivity (Wildman–Crippen MR) is 85.1 cm³/mol. The van der Waals surface area contributed by atoms with Gasteiger partial charge in [-0.25, -0.2) is 0 Å². The first kappa shape index (κ1) is 17.2. The van der Waals surface area contributed by atoms with E-state index in [-0.39, 0.29) is 11.8 Å². The highest BCUT2D eigenvalue weighted by molar-refractivity contribution is 5.90. The van der Waals surface area contributed by atoms with E-state index in [0.717, 1.165) is 18.8 Å². The summed E-state index contributed by atoms with van der Waals surface area (Å²) in [7, 11) is 1.86. The SMILES string of the molecule is CCN(CC)C(=O)CN(C)CCC(=O)Nc1ccccc1. The number of likely N-dealkylation sites (N-methyl/N-ethyl adjacent to an activating group) is 2. The van der Waals surface area contributed by atoms with Crippen LogP contribution in [0.3, 0.4) is 0 Å². The molecule has 0 aliphatic carbocycles. The molecule has 0 aliphatic rings. The van der Waals surface area contributed by atoms with Gasteiger partial charge in [0.1, 0.15) is 0 Å². The fourth-order valence-corrected chi connectivity index (χ4v) is 2.02. The molecule has 0 radical (unpaired) electrons. The van der Waals surface area contributed by atoms with Gasteiger partial charge in [-0.1, -0.05) is 18.2 Å². The standard InChI is InChI=1S/C16H25N3O2/c1-4-19(5-2)16(21)13-18(3)12-11-15(20)17-14-9-7-6-8-10-14/h6-10H,4-5,11-13H2,1-3H3,(H,17,20). The lowest BCUT2D eigenvalue weighted by atomic mass is 10.3. The fourth-order valence-electron chi connectivity index (χ4n) is 2.02. The first-order chi connectivity index (χ1) is 10.1. The van der Waals surface area contributed by atoms with Crippen molar-refractivity contribution in [2.45, 2.75) is 20.3 Å². The van der Waals surface area contributed by atoms with Gasteiger partial charge in [-0.15, -0.1) is 0 Å². The highest BCUT2D eigenvalue weighted by Gasteiger charge is 2.13. The number of nitrogens with zero attached hydrogens (tertiary/aromatic N) is 2. The largest absolute Gasteiger partial charge is 0.342 e. The summed E-state index contributed by atoms with van der Waals surface area (Å²) in [6, 6.07) is 9.37. The molecule has 0 saturated heterocycles. The molecule has 0 saturated carbocycles. The molecule has 21 heavy (non-hydrogen) atoms. The Kier molecular flexibility index (Phi) is 7.46. The number of nitrogens with one attached hydrogen (secondary N) is 1. The van der Waals surface area contributed by atoms with Crippen molar-refractivity contribution in [3.8, 4) is 0 Å². The molecule has 1 N–H and O–H groups in total. The molecule has 0 aromatic heterocycles. The first-order valence-electron chi connectivity index (χ1n) is 7.38. The second-order valence-corrected chi connectivity index (χ2v) is 4.97. The molecular weight excluding hydrogens is 266 g/mol. The smallest absolute Gasteiger partial charge is 0.236 e. The van der Waals surface area contributed by atoms with Crippen LogP contribution in [-0.4, -0.2) is 54.8 Å². The lowest BCUT2D eigenvalue weighted by Gasteiger charge is -2.22. The Morgan fingerprint density at radius 3 is 2.29 bits per heavy atom. The van der Waals surface area contributed by atoms with E-state index in [0.29, 0.717) is 19.5 Å². The quantitative estimate of drug-likeness (QED) is 0.795. The Labute approximate surface area is 126 Å². The number of rotatable bonds is 8. The number of hydrogen-bond acceptors (Lipinski definition) is 3. The topological polar surface area (TPSA) is 52.7 Å². The Morgan fingerprint density at radius 1 is 1.10 bits per heavy atom. The van der Waals surface area contributed by atoms with E-state index in [1.165, 1.54) is 0 Å². The lowest BCUT2D eigenvalue weighted by molar-refractivity contribution is -0.132. The molecule has 5 nitrogen and oxygen atoms in total. The molecular formula is C16H25N3O2. The summed E-state index contributed by atoms with van der Waals surface area (Å²) in [5.41, 5.74) is 0.796. The number of anilines is 1. The number of benzene rings is 1. The van der Waals surface area contributed by atoms with Crippen molar-refractivity contribution in [2.24, 2.45) is 0 Å². The van der Waals surface area contributed by atoms with Crippen LogP contribution < -0.4 is 5.32 Å². The van der Waals surface area contributed by atoms with Gasteiger partial charge < -0.3 is 10.2 Å². The molecule has 5 heteroatoms. The van der Waals surface area contributed by atoms with Gasteiger partial charge in [0.2, 0.25) is 11.8 Å². The number of hydrogen-bond donors (Lipinski definition) is 1. The maximum Gasteiger partial charge on any atom is 0.236 e. The number of para-hydroxylation sites is 1. The Bertz CT molecular complexity index is 444. The van der Waals surface area contributed by atoms with Crippen molar-refractivity contribution in [1.29, 1.82) is 0 Å². The minimum absolute atomic E-state index is 0.0386. The van der Waals surface area contributed by atoms with Gasteiger partial charge in [0, 0.05) is 31.7 Å². The summed E-state index contributed by atoms with van der Waals surface area (Å²) < 4.78 is 0. The highest BCUT2D eigenvalue weighted by Crippen LogP contribution is 2.05. The Hall–Kier alpha value is -1.88. The van der Waals surface area contributed by atoms with Gasteiger partial charge in [0.15, 0.2) is 0 Å². The van der Waals surface area contributed by atoms with Gasteiger partial charge >= 0.3 is 0 Å². The van der Waals surface area contributed by atoms with Crippen LogP contribution in [0.4, 0.5) is 5.69 Å². The van der Waals surface area contributed by atoms with Crippen molar-refractivity contribution >= 4 is 17.5 Å². The van der Waals surface area contributed by atoms with Crippen LogP contribution in [0.1, 0.15) is 20.3 Å². The van der Waals surface area contributed by atoms with Gasteiger partial charge in [0.25, 0.3) is 0 Å². The van der Waals surface area contributed by atoms with Gasteiger partial charge in [-0.3, -0.25) is 14.5 Å². The maximum atomic E-state index is 11.9. The molecule has 0 unspecified atom stereocenters. The van der Waals surface area contributed by atoms with E-state index >= 15 is 0 Å². The molecule has 0 aliphatic heterocycles. The van der Waals surface area contributed by atoms with Gasteiger partial charge in [-0.2, -0.15) is 0 Å². The summed E-state index contributed by atoms with van der Waals surface area (Å²) in [4.78, 5) is 27.4. The van der Waals surface area contributed by atoms with Gasteiger partial charge in [-0.05, 0) is 33.0 Å². The maximum absolute atomic E-state index is 11.9. The zero-order valence-corrected chi connectivity index (χ0v) is 13.1. The number of carbonyl (C=O) groups excluding carboxylic acids is 2. The van der Waals surface area contributed by atoms with Crippen molar-refractivity contribution in [3.05, 3.63) is 30.3 Å². The molecule has 0 fully saturated rings. The predicted octanol–water partition coefficient (Wildman–Crippen LogP) is 1.82. The van der Waals surface area contributed by atoms with Crippen LogP contribution in [0.25, 0.3) is 0 Å². The van der Waals surface area contributed by atoms with Crippen LogP contribution in [-0.2, 0) is 9.59 Å². The van der Waals surface area contributed by atoms with E-state index in [1.807, 2.05) is 56.1 Å². The third kappa shape index (κ3) is 6.40. The normalized spacial score (nSPS) is 10.5. The van der Waals surface area contributed by atoms with Crippen molar-refractivity contribution in [2.75, 3.05) is 38.5 Å². The second-order valence-electron chi connectivity index (χ2n) is 4.97. The molecule has 0 spiro atoms. The van der Waals surface area contributed by atoms with Crippen LogP contribution in [0.2, 0.25) is 0 Å². The summed E-state index contributed by atoms with van der Waals surface area (Å²) in [6.45, 7) is 6.28. The molecule has 1 aromatic rings. The average molecular weight is 291 g/mol. The molecule has 0 atom stereocenters. The molecule has 1 rings (SSSR count). The third-order valence-electron chi connectivity index (χ3n) is 3.30. The zero-order chi connectivity index (χ0) is 15.7. The lowest BCUT2D eigenvalue weighted by Crippen LogP contribution is -2.39. The molecule has 2 amide bonds. The molecule has 0 heterocycles. The van der Waals surface area contributed by atoms with E-state index < -0.39 is 0 Å². The van der Waals surface area contributed by atoms with Gasteiger partial charge in [0.05, 0.1) is 6.54 Å².